The van der Waals surface area contributed by atoms with Gasteiger partial charge in [0.1, 0.15) is 0 Å². The molecule has 6 heteroatoms. The molecule has 2 aromatic rings. The van der Waals surface area contributed by atoms with Crippen LogP contribution in [0.2, 0.25) is 0 Å². The average molecular weight is 301 g/mol. The van der Waals surface area contributed by atoms with Crippen molar-refractivity contribution in [2.24, 2.45) is 0 Å². The molecule has 0 spiro atoms. The van der Waals surface area contributed by atoms with E-state index in [-0.39, 0.29) is 12.1 Å². The normalized spacial score (nSPS) is 12.4. The Morgan fingerprint density at radius 3 is 2.59 bits per heavy atom. The fourth-order valence-electron chi connectivity index (χ4n) is 2.30. The summed E-state index contributed by atoms with van der Waals surface area (Å²) in [6, 6.07) is 7.69. The number of hydrogen-bond donors (Lipinski definition) is 1. The first kappa shape index (κ1) is 16.2. The molecule has 22 heavy (non-hydrogen) atoms. The summed E-state index contributed by atoms with van der Waals surface area (Å²) in [5.41, 5.74) is 2.48. The van der Waals surface area contributed by atoms with Gasteiger partial charge in [-0.15, -0.1) is 0 Å². The summed E-state index contributed by atoms with van der Waals surface area (Å²) < 4.78 is 0. The van der Waals surface area contributed by atoms with Crippen molar-refractivity contribution in [1.82, 2.24) is 25.1 Å². The molecule has 2 amide bonds. The van der Waals surface area contributed by atoms with Crippen LogP contribution in [0.5, 0.6) is 0 Å². The lowest BCUT2D eigenvalue weighted by Crippen LogP contribution is -2.45. The number of carbonyl (C=O) groups excluding carboxylic acids is 1. The monoisotopic (exact) mass is 301 g/mol. The number of rotatable bonds is 5. The first-order valence-electron chi connectivity index (χ1n) is 7.32. The minimum Gasteiger partial charge on any atom is -0.334 e. The highest BCUT2D eigenvalue weighted by molar-refractivity contribution is 5.75. The summed E-state index contributed by atoms with van der Waals surface area (Å²) in [7, 11) is 5.72. The van der Waals surface area contributed by atoms with Crippen LogP contribution >= 0.6 is 0 Å². The van der Waals surface area contributed by atoms with Crippen LogP contribution in [0.1, 0.15) is 12.6 Å². The van der Waals surface area contributed by atoms with Gasteiger partial charge < -0.3 is 15.1 Å². The zero-order valence-electron chi connectivity index (χ0n) is 13.6. The summed E-state index contributed by atoms with van der Waals surface area (Å²) in [5.74, 6) is 0. The Hall–Kier alpha value is -2.21. The Balaban J connectivity index is 1.97. The van der Waals surface area contributed by atoms with E-state index in [0.717, 1.165) is 23.3 Å². The third-order valence-corrected chi connectivity index (χ3v) is 3.25. The SMILES string of the molecule is C[C@@H](CN(C)C)NC(=O)N(C)Cc1cnc2ccccc2n1. The molecule has 0 unspecified atom stereocenters. The van der Waals surface area contributed by atoms with Gasteiger partial charge in [-0.05, 0) is 33.2 Å². The summed E-state index contributed by atoms with van der Waals surface area (Å²) in [6.07, 6.45) is 1.72. The molecule has 0 saturated carbocycles. The van der Waals surface area contributed by atoms with Gasteiger partial charge in [-0.1, -0.05) is 12.1 Å². The second kappa shape index (κ2) is 7.17. The maximum atomic E-state index is 12.2. The van der Waals surface area contributed by atoms with Crippen LogP contribution in [0.15, 0.2) is 30.5 Å². The molecule has 1 N–H and O–H groups in total. The Bertz CT molecular complexity index is 643. The molecule has 1 heterocycles. The average Bonchev–Trinajstić information content (AvgIpc) is 2.46. The van der Waals surface area contributed by atoms with Gasteiger partial charge in [0, 0.05) is 19.6 Å². The van der Waals surface area contributed by atoms with Gasteiger partial charge in [-0.2, -0.15) is 0 Å². The van der Waals surface area contributed by atoms with Crippen LogP contribution in [0.4, 0.5) is 4.79 Å². The van der Waals surface area contributed by atoms with Crippen molar-refractivity contribution in [1.29, 1.82) is 0 Å². The minimum atomic E-state index is -0.107. The highest BCUT2D eigenvalue weighted by Crippen LogP contribution is 2.09. The smallest absolute Gasteiger partial charge is 0.317 e. The third kappa shape index (κ3) is 4.39. The standard InChI is InChI=1S/C16H23N5O/c1-12(10-20(2)3)18-16(22)21(4)11-13-9-17-14-7-5-6-8-15(14)19-13/h5-9,12H,10-11H2,1-4H3,(H,18,22)/t12-/m0/s1. The summed E-state index contributed by atoms with van der Waals surface area (Å²) in [5, 5.41) is 2.97. The predicted molar refractivity (Wildman–Crippen MR) is 87.6 cm³/mol. The largest absolute Gasteiger partial charge is 0.334 e. The van der Waals surface area contributed by atoms with E-state index in [4.69, 9.17) is 0 Å². The molecular formula is C16H23N5O. The number of urea groups is 1. The van der Waals surface area contributed by atoms with Crippen molar-refractivity contribution in [3.63, 3.8) is 0 Å². The third-order valence-electron chi connectivity index (χ3n) is 3.25. The highest BCUT2D eigenvalue weighted by atomic mass is 16.2. The van der Waals surface area contributed by atoms with Crippen molar-refractivity contribution >= 4 is 17.1 Å². The number of carbonyl (C=O) groups is 1. The Morgan fingerprint density at radius 1 is 1.23 bits per heavy atom. The van der Waals surface area contributed by atoms with Crippen LogP contribution in [0.3, 0.4) is 0 Å². The van der Waals surface area contributed by atoms with Crippen LogP contribution in [0.25, 0.3) is 11.0 Å². The number of nitrogens with zero attached hydrogens (tertiary/aromatic N) is 4. The molecule has 2 rings (SSSR count). The van der Waals surface area contributed by atoms with Crippen molar-refractivity contribution in [2.45, 2.75) is 19.5 Å². The fourth-order valence-corrected chi connectivity index (χ4v) is 2.30. The Morgan fingerprint density at radius 2 is 1.91 bits per heavy atom. The van der Waals surface area contributed by atoms with Crippen molar-refractivity contribution in [3.05, 3.63) is 36.2 Å². The first-order valence-corrected chi connectivity index (χ1v) is 7.32. The lowest BCUT2D eigenvalue weighted by atomic mass is 10.3. The molecule has 1 atom stereocenters. The van der Waals surface area contributed by atoms with E-state index >= 15 is 0 Å². The molecule has 0 aliphatic carbocycles. The van der Waals surface area contributed by atoms with E-state index in [9.17, 15) is 4.79 Å². The first-order chi connectivity index (χ1) is 10.5. The lowest BCUT2D eigenvalue weighted by Gasteiger charge is -2.23. The Kier molecular flexibility index (Phi) is 5.27. The maximum absolute atomic E-state index is 12.2. The van der Waals surface area contributed by atoms with E-state index < -0.39 is 0 Å². The zero-order chi connectivity index (χ0) is 16.1. The number of benzene rings is 1. The van der Waals surface area contributed by atoms with Gasteiger partial charge in [-0.25, -0.2) is 9.78 Å². The van der Waals surface area contributed by atoms with Gasteiger partial charge in [-0.3, -0.25) is 4.98 Å². The summed E-state index contributed by atoms with van der Waals surface area (Å²) >= 11 is 0. The van der Waals surface area contributed by atoms with E-state index in [0.29, 0.717) is 6.54 Å². The molecule has 0 bridgehead atoms. The molecule has 0 radical (unpaired) electrons. The molecule has 0 aliphatic rings. The number of fused-ring (bicyclic) bond motifs is 1. The Labute approximate surface area is 131 Å². The van der Waals surface area contributed by atoms with Crippen molar-refractivity contribution in [3.8, 4) is 0 Å². The van der Waals surface area contributed by atoms with Gasteiger partial charge in [0.05, 0.1) is 29.5 Å². The van der Waals surface area contributed by atoms with Gasteiger partial charge in [0.2, 0.25) is 0 Å². The second-order valence-corrected chi connectivity index (χ2v) is 5.82. The second-order valence-electron chi connectivity index (χ2n) is 5.82. The van der Waals surface area contributed by atoms with Gasteiger partial charge >= 0.3 is 6.03 Å². The van der Waals surface area contributed by atoms with Gasteiger partial charge in [0.15, 0.2) is 0 Å². The molecule has 0 saturated heterocycles. The van der Waals surface area contributed by atoms with Crippen LogP contribution < -0.4 is 5.32 Å². The summed E-state index contributed by atoms with van der Waals surface area (Å²) in [6.45, 7) is 3.22. The molecule has 1 aromatic carbocycles. The maximum Gasteiger partial charge on any atom is 0.317 e. The van der Waals surface area contributed by atoms with Crippen molar-refractivity contribution in [2.75, 3.05) is 27.7 Å². The molecule has 0 fully saturated rings. The van der Waals surface area contributed by atoms with Crippen LogP contribution in [0, 0.1) is 0 Å². The molecule has 6 nitrogen and oxygen atoms in total. The number of aromatic nitrogens is 2. The highest BCUT2D eigenvalue weighted by Gasteiger charge is 2.13. The predicted octanol–water partition coefficient (Wildman–Crippen LogP) is 1.72. The van der Waals surface area contributed by atoms with Crippen LogP contribution in [-0.4, -0.2) is 59.5 Å². The van der Waals surface area contributed by atoms with E-state index in [1.54, 1.807) is 18.1 Å². The molecule has 1 aromatic heterocycles. The number of hydrogen-bond acceptors (Lipinski definition) is 4. The number of likely N-dealkylation sites (N-methyl/N-ethyl adjacent to an activating group) is 1. The summed E-state index contributed by atoms with van der Waals surface area (Å²) in [4.78, 5) is 24.7. The van der Waals surface area contributed by atoms with E-state index in [1.807, 2.05) is 50.2 Å². The molecular weight excluding hydrogens is 278 g/mol. The van der Waals surface area contributed by atoms with E-state index in [1.165, 1.54) is 0 Å². The number of nitrogens with one attached hydrogen (secondary N) is 1. The minimum absolute atomic E-state index is 0.0904. The topological polar surface area (TPSA) is 61.4 Å². The number of amides is 2. The van der Waals surface area contributed by atoms with Crippen LogP contribution in [-0.2, 0) is 6.54 Å². The lowest BCUT2D eigenvalue weighted by molar-refractivity contribution is 0.200. The zero-order valence-corrected chi connectivity index (χ0v) is 13.6. The van der Waals surface area contributed by atoms with Crippen molar-refractivity contribution < 1.29 is 4.79 Å². The fraction of sp³-hybridized carbons (Fsp3) is 0.438. The van der Waals surface area contributed by atoms with E-state index in [2.05, 4.69) is 15.3 Å². The quantitative estimate of drug-likeness (QED) is 0.913. The molecule has 0 aliphatic heterocycles. The number of para-hydroxylation sites is 2. The molecule has 118 valence electrons. The van der Waals surface area contributed by atoms with Gasteiger partial charge in [0.25, 0.3) is 0 Å².